The standard InChI is InChI=1S/C17H27NO3/c1-4-14(5-2)16(19)12-18-17(20)9-10-21-15-8-6-7-13(3)11-15/h6-8,11,14,16,19H,4-5,9-10,12H2,1-3H3,(H,18,20). The fourth-order valence-corrected chi connectivity index (χ4v) is 2.27. The predicted molar refractivity (Wildman–Crippen MR) is 84.4 cm³/mol. The molecule has 118 valence electrons. The molecule has 1 aromatic carbocycles. The van der Waals surface area contributed by atoms with Gasteiger partial charge in [-0.2, -0.15) is 0 Å². The van der Waals surface area contributed by atoms with Crippen molar-refractivity contribution in [2.45, 2.75) is 46.1 Å². The molecule has 1 atom stereocenters. The minimum Gasteiger partial charge on any atom is -0.493 e. The highest BCUT2D eigenvalue weighted by Gasteiger charge is 2.16. The van der Waals surface area contributed by atoms with E-state index in [1.54, 1.807) is 0 Å². The van der Waals surface area contributed by atoms with Crippen LogP contribution < -0.4 is 10.1 Å². The van der Waals surface area contributed by atoms with Crippen LogP contribution in [-0.4, -0.2) is 30.3 Å². The predicted octanol–water partition coefficient (Wildman–Crippen LogP) is 2.68. The van der Waals surface area contributed by atoms with Gasteiger partial charge in [-0.05, 0) is 30.5 Å². The number of aryl methyl sites for hydroxylation is 1. The molecule has 4 nitrogen and oxygen atoms in total. The van der Waals surface area contributed by atoms with Crippen LogP contribution in [0.25, 0.3) is 0 Å². The average molecular weight is 293 g/mol. The van der Waals surface area contributed by atoms with Gasteiger partial charge in [0.1, 0.15) is 5.75 Å². The van der Waals surface area contributed by atoms with E-state index in [1.807, 2.05) is 31.2 Å². The SMILES string of the molecule is CCC(CC)C(O)CNC(=O)CCOc1cccc(C)c1. The molecule has 0 heterocycles. The van der Waals surface area contributed by atoms with E-state index in [1.165, 1.54) is 0 Å². The van der Waals surface area contributed by atoms with Gasteiger partial charge in [-0.3, -0.25) is 4.79 Å². The Morgan fingerprint density at radius 2 is 2.05 bits per heavy atom. The third kappa shape index (κ3) is 6.63. The van der Waals surface area contributed by atoms with E-state index < -0.39 is 6.10 Å². The number of amides is 1. The lowest BCUT2D eigenvalue weighted by molar-refractivity contribution is -0.122. The largest absolute Gasteiger partial charge is 0.493 e. The molecule has 0 aliphatic heterocycles. The van der Waals surface area contributed by atoms with E-state index in [-0.39, 0.29) is 11.8 Å². The maximum atomic E-state index is 11.7. The summed E-state index contributed by atoms with van der Waals surface area (Å²) in [5.41, 5.74) is 1.13. The van der Waals surface area contributed by atoms with Crippen LogP contribution in [0.3, 0.4) is 0 Å². The summed E-state index contributed by atoms with van der Waals surface area (Å²) >= 11 is 0. The maximum absolute atomic E-state index is 11.7. The number of rotatable bonds is 9. The van der Waals surface area contributed by atoms with Gasteiger partial charge in [-0.15, -0.1) is 0 Å². The topological polar surface area (TPSA) is 58.6 Å². The number of benzene rings is 1. The fraction of sp³-hybridized carbons (Fsp3) is 0.588. The van der Waals surface area contributed by atoms with Crippen molar-refractivity contribution in [2.75, 3.05) is 13.2 Å². The number of aliphatic hydroxyl groups excluding tert-OH is 1. The summed E-state index contributed by atoms with van der Waals surface area (Å²) in [6.45, 7) is 6.76. The first-order valence-corrected chi connectivity index (χ1v) is 7.71. The fourth-order valence-electron chi connectivity index (χ4n) is 2.27. The molecular weight excluding hydrogens is 266 g/mol. The molecule has 0 aliphatic carbocycles. The van der Waals surface area contributed by atoms with Crippen molar-refractivity contribution in [3.63, 3.8) is 0 Å². The van der Waals surface area contributed by atoms with Gasteiger partial charge in [0.25, 0.3) is 0 Å². The van der Waals surface area contributed by atoms with Gasteiger partial charge in [0.05, 0.1) is 19.1 Å². The van der Waals surface area contributed by atoms with Crippen LogP contribution in [0, 0.1) is 12.8 Å². The number of carbonyl (C=O) groups excluding carboxylic acids is 1. The first-order valence-electron chi connectivity index (χ1n) is 7.71. The lowest BCUT2D eigenvalue weighted by Gasteiger charge is -2.20. The first kappa shape index (κ1) is 17.5. The second kappa shape index (κ2) is 9.40. The van der Waals surface area contributed by atoms with Crippen LogP contribution in [-0.2, 0) is 4.79 Å². The Labute approximate surface area is 127 Å². The molecule has 1 unspecified atom stereocenters. The Hall–Kier alpha value is -1.55. The highest BCUT2D eigenvalue weighted by Crippen LogP contribution is 2.13. The molecule has 0 aliphatic rings. The van der Waals surface area contributed by atoms with E-state index in [4.69, 9.17) is 4.74 Å². The van der Waals surface area contributed by atoms with Crippen molar-refractivity contribution in [1.82, 2.24) is 5.32 Å². The third-order valence-corrected chi connectivity index (χ3v) is 3.69. The Morgan fingerprint density at radius 1 is 1.33 bits per heavy atom. The molecule has 0 aromatic heterocycles. The van der Waals surface area contributed by atoms with Crippen molar-refractivity contribution < 1.29 is 14.6 Å². The molecule has 0 radical (unpaired) electrons. The Kier molecular flexibility index (Phi) is 7.83. The molecule has 1 aromatic rings. The summed E-state index contributed by atoms with van der Waals surface area (Å²) in [4.78, 5) is 11.7. The summed E-state index contributed by atoms with van der Waals surface area (Å²) in [5, 5.41) is 12.7. The van der Waals surface area contributed by atoms with Crippen molar-refractivity contribution in [3.8, 4) is 5.75 Å². The van der Waals surface area contributed by atoms with Crippen LogP contribution in [0.2, 0.25) is 0 Å². The number of ether oxygens (including phenoxy) is 1. The highest BCUT2D eigenvalue weighted by atomic mass is 16.5. The van der Waals surface area contributed by atoms with E-state index in [0.29, 0.717) is 19.6 Å². The second-order valence-electron chi connectivity index (χ2n) is 5.36. The number of hydrogen-bond donors (Lipinski definition) is 2. The molecule has 0 spiro atoms. The molecule has 0 bridgehead atoms. The highest BCUT2D eigenvalue weighted by molar-refractivity contribution is 5.76. The van der Waals surface area contributed by atoms with Gasteiger partial charge in [0.2, 0.25) is 5.91 Å². The monoisotopic (exact) mass is 293 g/mol. The molecular formula is C17H27NO3. The molecule has 2 N–H and O–H groups in total. The Bertz CT molecular complexity index is 430. The van der Waals surface area contributed by atoms with Crippen molar-refractivity contribution in [3.05, 3.63) is 29.8 Å². The molecule has 4 heteroatoms. The summed E-state index contributed by atoms with van der Waals surface area (Å²) < 4.78 is 5.53. The van der Waals surface area contributed by atoms with Crippen molar-refractivity contribution in [2.24, 2.45) is 5.92 Å². The summed E-state index contributed by atoms with van der Waals surface area (Å²) in [6, 6.07) is 7.74. The number of hydrogen-bond acceptors (Lipinski definition) is 3. The maximum Gasteiger partial charge on any atom is 0.223 e. The normalized spacial score (nSPS) is 12.2. The van der Waals surface area contributed by atoms with Crippen LogP contribution in [0.4, 0.5) is 0 Å². The van der Waals surface area contributed by atoms with Gasteiger partial charge in [-0.1, -0.05) is 38.8 Å². The van der Waals surface area contributed by atoms with Crippen LogP contribution in [0.15, 0.2) is 24.3 Å². The van der Waals surface area contributed by atoms with E-state index in [0.717, 1.165) is 24.2 Å². The van der Waals surface area contributed by atoms with E-state index in [2.05, 4.69) is 19.2 Å². The van der Waals surface area contributed by atoms with Gasteiger partial charge in [0.15, 0.2) is 0 Å². The van der Waals surface area contributed by atoms with Crippen LogP contribution >= 0.6 is 0 Å². The van der Waals surface area contributed by atoms with Crippen LogP contribution in [0.5, 0.6) is 5.75 Å². The zero-order valence-electron chi connectivity index (χ0n) is 13.3. The molecule has 1 rings (SSSR count). The molecule has 0 saturated carbocycles. The molecule has 0 saturated heterocycles. The number of aliphatic hydroxyl groups is 1. The molecule has 1 amide bonds. The average Bonchev–Trinajstić information content (AvgIpc) is 2.46. The zero-order valence-corrected chi connectivity index (χ0v) is 13.3. The number of nitrogens with one attached hydrogen (secondary N) is 1. The Balaban J connectivity index is 2.22. The molecule has 0 fully saturated rings. The van der Waals surface area contributed by atoms with E-state index >= 15 is 0 Å². The lowest BCUT2D eigenvalue weighted by Crippen LogP contribution is -2.36. The number of carbonyl (C=O) groups is 1. The smallest absolute Gasteiger partial charge is 0.223 e. The van der Waals surface area contributed by atoms with Gasteiger partial charge >= 0.3 is 0 Å². The van der Waals surface area contributed by atoms with Gasteiger partial charge < -0.3 is 15.2 Å². The summed E-state index contributed by atoms with van der Waals surface area (Å²) in [6.07, 6.45) is 1.67. The van der Waals surface area contributed by atoms with Crippen molar-refractivity contribution in [1.29, 1.82) is 0 Å². The quantitative estimate of drug-likeness (QED) is 0.736. The van der Waals surface area contributed by atoms with Gasteiger partial charge in [-0.25, -0.2) is 0 Å². The zero-order chi connectivity index (χ0) is 15.7. The summed E-state index contributed by atoms with van der Waals surface area (Å²) in [5.74, 6) is 0.932. The lowest BCUT2D eigenvalue weighted by atomic mass is 9.96. The second-order valence-corrected chi connectivity index (χ2v) is 5.36. The first-order chi connectivity index (χ1) is 10.1. The minimum absolute atomic E-state index is 0.0901. The van der Waals surface area contributed by atoms with E-state index in [9.17, 15) is 9.90 Å². The van der Waals surface area contributed by atoms with Crippen LogP contribution in [0.1, 0.15) is 38.7 Å². The third-order valence-electron chi connectivity index (χ3n) is 3.69. The summed E-state index contributed by atoms with van der Waals surface area (Å²) in [7, 11) is 0. The molecule has 21 heavy (non-hydrogen) atoms. The Morgan fingerprint density at radius 3 is 2.67 bits per heavy atom. The van der Waals surface area contributed by atoms with Gasteiger partial charge in [0, 0.05) is 6.54 Å². The van der Waals surface area contributed by atoms with Crippen molar-refractivity contribution >= 4 is 5.91 Å². The minimum atomic E-state index is -0.471.